The molecule has 17 heavy (non-hydrogen) atoms. The summed E-state index contributed by atoms with van der Waals surface area (Å²) in [5, 5.41) is 8.66. The second-order valence-corrected chi connectivity index (χ2v) is 6.26. The van der Waals surface area contributed by atoms with Gasteiger partial charge >= 0.3 is 5.97 Å². The van der Waals surface area contributed by atoms with Crippen molar-refractivity contribution in [3.8, 4) is 0 Å². The Hall–Kier alpha value is -0.630. The van der Waals surface area contributed by atoms with Crippen molar-refractivity contribution in [3.05, 3.63) is 27.7 Å². The molecule has 1 rings (SSSR count). The van der Waals surface area contributed by atoms with E-state index in [1.807, 2.05) is 4.72 Å². The van der Waals surface area contributed by atoms with Crippen LogP contribution in [0.3, 0.4) is 0 Å². The molecular weight excluding hydrogens is 334 g/mol. The summed E-state index contributed by atoms with van der Waals surface area (Å²) in [4.78, 5) is 10.4. The molecule has 1 aromatic carbocycles. The summed E-state index contributed by atoms with van der Waals surface area (Å²) in [7, 11) is -3.94. The van der Waals surface area contributed by atoms with E-state index in [1.165, 1.54) is 25.1 Å². The standard InChI is InChI=1S/C9H9BrClNO4S/c1-5(9(13)14)12-17(15,16)8-3-2-6(10)4-7(8)11/h2-5,12H,1H3,(H,13,14). The van der Waals surface area contributed by atoms with Crippen molar-refractivity contribution in [1.82, 2.24) is 4.72 Å². The smallest absolute Gasteiger partial charge is 0.321 e. The van der Waals surface area contributed by atoms with E-state index in [2.05, 4.69) is 15.9 Å². The summed E-state index contributed by atoms with van der Waals surface area (Å²) in [6, 6.07) is 3.00. The first kappa shape index (κ1) is 14.4. The molecule has 0 aliphatic carbocycles. The third-order valence-corrected chi connectivity index (χ3v) is 4.40. The van der Waals surface area contributed by atoms with Crippen molar-refractivity contribution >= 4 is 43.5 Å². The summed E-state index contributed by atoms with van der Waals surface area (Å²) >= 11 is 8.92. The van der Waals surface area contributed by atoms with E-state index in [0.29, 0.717) is 4.47 Å². The Morgan fingerprint density at radius 1 is 1.53 bits per heavy atom. The minimum absolute atomic E-state index is 0.0180. The largest absolute Gasteiger partial charge is 0.480 e. The van der Waals surface area contributed by atoms with Crippen LogP contribution in [0.4, 0.5) is 0 Å². The van der Waals surface area contributed by atoms with Crippen molar-refractivity contribution in [2.45, 2.75) is 17.9 Å². The van der Waals surface area contributed by atoms with Gasteiger partial charge in [-0.25, -0.2) is 8.42 Å². The highest BCUT2D eigenvalue weighted by molar-refractivity contribution is 9.10. The molecule has 0 aliphatic heterocycles. The number of benzene rings is 1. The van der Waals surface area contributed by atoms with Crippen LogP contribution in [0.2, 0.25) is 5.02 Å². The van der Waals surface area contributed by atoms with Gasteiger partial charge in [-0.3, -0.25) is 4.79 Å². The van der Waals surface area contributed by atoms with Crippen LogP contribution < -0.4 is 4.72 Å². The Balaban J connectivity index is 3.10. The van der Waals surface area contributed by atoms with Gasteiger partial charge in [0.05, 0.1) is 5.02 Å². The lowest BCUT2D eigenvalue weighted by molar-refractivity contribution is -0.138. The van der Waals surface area contributed by atoms with Crippen LogP contribution in [-0.2, 0) is 14.8 Å². The molecular formula is C9H9BrClNO4S. The van der Waals surface area contributed by atoms with Crippen molar-refractivity contribution in [2.75, 3.05) is 0 Å². The van der Waals surface area contributed by atoms with Crippen LogP contribution in [0.1, 0.15) is 6.92 Å². The molecule has 2 N–H and O–H groups in total. The van der Waals surface area contributed by atoms with E-state index in [4.69, 9.17) is 16.7 Å². The molecule has 0 spiro atoms. The Morgan fingerprint density at radius 3 is 2.59 bits per heavy atom. The normalized spacial score (nSPS) is 13.4. The van der Waals surface area contributed by atoms with E-state index < -0.39 is 22.0 Å². The number of halogens is 2. The fourth-order valence-corrected chi connectivity index (χ4v) is 3.27. The van der Waals surface area contributed by atoms with E-state index in [9.17, 15) is 13.2 Å². The quantitative estimate of drug-likeness (QED) is 0.875. The van der Waals surface area contributed by atoms with Crippen LogP contribution in [0.25, 0.3) is 0 Å². The van der Waals surface area contributed by atoms with Crippen LogP contribution >= 0.6 is 27.5 Å². The fourth-order valence-electron chi connectivity index (χ4n) is 1.04. The Kier molecular flexibility index (Phi) is 4.54. The second-order valence-electron chi connectivity index (χ2n) is 3.26. The third kappa shape index (κ3) is 3.67. The summed E-state index contributed by atoms with van der Waals surface area (Å²) in [6.07, 6.45) is 0. The first-order valence-corrected chi connectivity index (χ1v) is 7.09. The maximum absolute atomic E-state index is 11.8. The maximum atomic E-state index is 11.8. The van der Waals surface area contributed by atoms with Crippen molar-refractivity contribution in [1.29, 1.82) is 0 Å². The van der Waals surface area contributed by atoms with Gasteiger partial charge in [-0.2, -0.15) is 4.72 Å². The van der Waals surface area contributed by atoms with Gasteiger partial charge in [0.25, 0.3) is 0 Å². The number of sulfonamides is 1. The molecule has 0 aromatic heterocycles. The predicted molar refractivity (Wildman–Crippen MR) is 66.6 cm³/mol. The number of carboxylic acids is 1. The fraction of sp³-hybridized carbons (Fsp3) is 0.222. The highest BCUT2D eigenvalue weighted by atomic mass is 79.9. The zero-order valence-corrected chi connectivity index (χ0v) is 11.8. The number of hydrogen-bond acceptors (Lipinski definition) is 3. The molecule has 0 heterocycles. The van der Waals surface area contributed by atoms with Gasteiger partial charge in [0, 0.05) is 4.47 Å². The van der Waals surface area contributed by atoms with E-state index in [0.717, 1.165) is 0 Å². The zero-order valence-electron chi connectivity index (χ0n) is 8.65. The first-order chi connectivity index (χ1) is 7.74. The topological polar surface area (TPSA) is 83.5 Å². The van der Waals surface area contributed by atoms with Gasteiger partial charge < -0.3 is 5.11 Å². The number of hydrogen-bond donors (Lipinski definition) is 2. The molecule has 0 aliphatic rings. The number of carbonyl (C=O) groups is 1. The summed E-state index contributed by atoms with van der Waals surface area (Å²) in [6.45, 7) is 1.23. The SMILES string of the molecule is CC(NS(=O)(=O)c1ccc(Br)cc1Cl)C(=O)O. The maximum Gasteiger partial charge on any atom is 0.321 e. The lowest BCUT2D eigenvalue weighted by Gasteiger charge is -2.11. The van der Waals surface area contributed by atoms with Gasteiger partial charge in [-0.15, -0.1) is 0 Å². The molecule has 1 atom stereocenters. The molecule has 0 fully saturated rings. The van der Waals surface area contributed by atoms with Gasteiger partial charge in [-0.1, -0.05) is 27.5 Å². The molecule has 5 nitrogen and oxygen atoms in total. The van der Waals surface area contributed by atoms with Crippen LogP contribution in [0, 0.1) is 0 Å². The van der Waals surface area contributed by atoms with Crippen molar-refractivity contribution in [2.24, 2.45) is 0 Å². The molecule has 0 bridgehead atoms. The minimum atomic E-state index is -3.94. The van der Waals surface area contributed by atoms with Gasteiger partial charge in [-0.05, 0) is 25.1 Å². The van der Waals surface area contributed by atoms with Crippen LogP contribution in [0.5, 0.6) is 0 Å². The van der Waals surface area contributed by atoms with Crippen LogP contribution in [0.15, 0.2) is 27.6 Å². The first-order valence-electron chi connectivity index (χ1n) is 4.44. The van der Waals surface area contributed by atoms with Gasteiger partial charge in [0.2, 0.25) is 10.0 Å². The highest BCUT2D eigenvalue weighted by Gasteiger charge is 2.23. The van der Waals surface area contributed by atoms with Crippen molar-refractivity contribution < 1.29 is 18.3 Å². The second kappa shape index (κ2) is 5.34. The molecule has 1 unspecified atom stereocenters. The van der Waals surface area contributed by atoms with E-state index in [1.54, 1.807) is 0 Å². The lowest BCUT2D eigenvalue weighted by atomic mass is 10.4. The molecule has 0 saturated heterocycles. The van der Waals surface area contributed by atoms with Crippen molar-refractivity contribution in [3.63, 3.8) is 0 Å². The lowest BCUT2D eigenvalue weighted by Crippen LogP contribution is -2.38. The third-order valence-electron chi connectivity index (χ3n) is 1.89. The number of carboxylic acid groups (broad SMARTS) is 1. The molecule has 0 saturated carbocycles. The summed E-state index contributed by atoms with van der Waals surface area (Å²) in [5.74, 6) is -1.26. The number of nitrogens with one attached hydrogen (secondary N) is 1. The predicted octanol–water partition coefficient (Wildman–Crippen LogP) is 1.85. The Labute approximate surface area is 112 Å². The monoisotopic (exact) mass is 341 g/mol. The van der Waals surface area contributed by atoms with Crippen LogP contribution in [-0.4, -0.2) is 25.5 Å². The average Bonchev–Trinajstić information content (AvgIpc) is 2.15. The zero-order chi connectivity index (χ0) is 13.2. The highest BCUT2D eigenvalue weighted by Crippen LogP contribution is 2.25. The number of aliphatic carboxylic acids is 1. The van der Waals surface area contributed by atoms with Gasteiger partial charge in [0.15, 0.2) is 0 Å². The van der Waals surface area contributed by atoms with Gasteiger partial charge in [0.1, 0.15) is 10.9 Å². The molecule has 8 heteroatoms. The van der Waals surface area contributed by atoms with E-state index >= 15 is 0 Å². The average molecular weight is 343 g/mol. The summed E-state index contributed by atoms with van der Waals surface area (Å²) < 4.78 is 26.2. The molecule has 0 amide bonds. The minimum Gasteiger partial charge on any atom is -0.480 e. The molecule has 94 valence electrons. The molecule has 0 radical (unpaired) electrons. The Bertz CT molecular complexity index is 546. The van der Waals surface area contributed by atoms with E-state index in [-0.39, 0.29) is 9.92 Å². The Morgan fingerprint density at radius 2 is 2.12 bits per heavy atom. The number of rotatable bonds is 4. The molecule has 1 aromatic rings. The summed E-state index contributed by atoms with van der Waals surface area (Å²) in [5.41, 5.74) is 0.